The lowest BCUT2D eigenvalue weighted by Gasteiger charge is -2.17. The molecule has 0 amide bonds. The van der Waals surface area contributed by atoms with E-state index >= 15 is 0 Å². The van der Waals surface area contributed by atoms with Crippen LogP contribution >= 0.6 is 0 Å². The van der Waals surface area contributed by atoms with Crippen LogP contribution in [-0.2, 0) is 13.0 Å². The summed E-state index contributed by atoms with van der Waals surface area (Å²) in [5.74, 6) is 1.15. The van der Waals surface area contributed by atoms with Crippen LogP contribution in [0.3, 0.4) is 0 Å². The van der Waals surface area contributed by atoms with Gasteiger partial charge in [-0.3, -0.25) is 0 Å². The lowest BCUT2D eigenvalue weighted by atomic mass is 9.95. The standard InChI is InChI=1S/C20H18NO3/c1-12-3-4-13-7-17-15-9-19-18(23-11-24-19)8-14(15)5-6-21(17)10-16(13)20(12)22-2/h3-4,7-10H,5-6,11H2,1-2H3/q+1/i2D3,11D2. The number of aryl methyl sites for hydroxylation is 3. The number of rotatable bonds is 1. The van der Waals surface area contributed by atoms with E-state index in [0.717, 1.165) is 39.6 Å². The van der Waals surface area contributed by atoms with Crippen molar-refractivity contribution in [2.24, 2.45) is 0 Å². The Morgan fingerprint density at radius 2 is 2.08 bits per heavy atom. The average molecular weight is 325 g/mol. The quantitative estimate of drug-likeness (QED) is 0.643. The number of hydrogen-bond donors (Lipinski definition) is 0. The second kappa shape index (κ2) is 4.87. The third-order valence-electron chi connectivity index (χ3n) is 4.79. The van der Waals surface area contributed by atoms with E-state index < -0.39 is 13.8 Å². The van der Waals surface area contributed by atoms with E-state index in [9.17, 15) is 0 Å². The Morgan fingerprint density at radius 3 is 2.96 bits per heavy atom. The van der Waals surface area contributed by atoms with Crippen LogP contribution in [0, 0.1) is 6.92 Å². The summed E-state index contributed by atoms with van der Waals surface area (Å²) >= 11 is 0. The summed E-state index contributed by atoms with van der Waals surface area (Å²) in [4.78, 5) is 0. The van der Waals surface area contributed by atoms with Gasteiger partial charge in [-0.1, -0.05) is 12.1 Å². The van der Waals surface area contributed by atoms with E-state index in [1.54, 1.807) is 6.07 Å². The van der Waals surface area contributed by atoms with Gasteiger partial charge in [0, 0.05) is 12.5 Å². The molecule has 3 heterocycles. The van der Waals surface area contributed by atoms with Gasteiger partial charge in [0.2, 0.25) is 12.4 Å². The van der Waals surface area contributed by atoms with Crippen LogP contribution in [0.5, 0.6) is 17.2 Å². The molecule has 0 radical (unpaired) electrons. The van der Waals surface area contributed by atoms with Crippen molar-refractivity contribution < 1.29 is 25.6 Å². The second-order valence-corrected chi connectivity index (χ2v) is 6.16. The van der Waals surface area contributed by atoms with Crippen molar-refractivity contribution in [3.8, 4) is 28.5 Å². The monoisotopic (exact) mass is 325 g/mol. The highest BCUT2D eigenvalue weighted by molar-refractivity contribution is 5.90. The minimum atomic E-state index is -2.52. The topological polar surface area (TPSA) is 31.6 Å². The van der Waals surface area contributed by atoms with E-state index in [2.05, 4.69) is 4.57 Å². The third kappa shape index (κ3) is 1.83. The molecule has 0 aliphatic carbocycles. The van der Waals surface area contributed by atoms with Crippen molar-refractivity contribution in [2.45, 2.75) is 19.9 Å². The highest BCUT2D eigenvalue weighted by atomic mass is 16.7. The third-order valence-corrected chi connectivity index (χ3v) is 4.79. The molecule has 24 heavy (non-hydrogen) atoms. The Morgan fingerprint density at radius 1 is 1.21 bits per heavy atom. The number of nitrogens with zero attached hydrogens (tertiary/aromatic N) is 1. The van der Waals surface area contributed by atoms with E-state index in [1.165, 1.54) is 0 Å². The van der Waals surface area contributed by atoms with Gasteiger partial charge >= 0.3 is 0 Å². The predicted octanol–water partition coefficient (Wildman–Crippen LogP) is 3.40. The Kier molecular flexibility index (Phi) is 1.93. The first-order valence-electron chi connectivity index (χ1n) is 10.3. The summed E-state index contributed by atoms with van der Waals surface area (Å²) in [7, 11) is -2.52. The summed E-state index contributed by atoms with van der Waals surface area (Å²) in [6.07, 6.45) is 2.66. The zero-order chi connectivity index (χ0) is 20.6. The first-order chi connectivity index (χ1) is 13.6. The molecule has 0 fully saturated rings. The highest BCUT2D eigenvalue weighted by Crippen LogP contribution is 2.40. The molecule has 4 nitrogen and oxygen atoms in total. The summed E-state index contributed by atoms with van der Waals surface area (Å²) in [6.45, 7) is 0.366. The lowest BCUT2D eigenvalue weighted by Crippen LogP contribution is -2.40. The molecule has 0 unspecified atom stereocenters. The highest BCUT2D eigenvalue weighted by Gasteiger charge is 2.28. The smallest absolute Gasteiger partial charge is 0.231 e. The minimum Gasteiger partial charge on any atom is -0.496 e. The molecular weight excluding hydrogens is 302 g/mol. The van der Waals surface area contributed by atoms with Crippen LogP contribution in [0.25, 0.3) is 22.0 Å². The van der Waals surface area contributed by atoms with Crippen molar-refractivity contribution in [2.75, 3.05) is 13.8 Å². The Balaban J connectivity index is 1.68. The van der Waals surface area contributed by atoms with Crippen LogP contribution in [0.1, 0.15) is 18.0 Å². The van der Waals surface area contributed by atoms with Crippen molar-refractivity contribution in [1.82, 2.24) is 0 Å². The minimum absolute atomic E-state index is 0.363. The van der Waals surface area contributed by atoms with E-state index in [1.807, 2.05) is 37.4 Å². The normalized spacial score (nSPS) is 20.1. The molecule has 0 N–H and O–H groups in total. The van der Waals surface area contributed by atoms with Gasteiger partial charge in [-0.25, -0.2) is 0 Å². The second-order valence-electron chi connectivity index (χ2n) is 6.16. The van der Waals surface area contributed by atoms with E-state index in [4.69, 9.17) is 21.1 Å². The number of pyridine rings is 1. The van der Waals surface area contributed by atoms with Crippen LogP contribution in [0.15, 0.2) is 36.5 Å². The number of ether oxygens (including phenoxy) is 3. The van der Waals surface area contributed by atoms with Crippen LogP contribution in [-0.4, -0.2) is 13.8 Å². The molecule has 0 atom stereocenters. The molecule has 1 aromatic heterocycles. The summed E-state index contributed by atoms with van der Waals surface area (Å²) < 4.78 is 55.6. The summed E-state index contributed by atoms with van der Waals surface area (Å²) in [5, 5.41) is 1.60. The largest absolute Gasteiger partial charge is 0.496 e. The predicted molar refractivity (Wildman–Crippen MR) is 90.7 cm³/mol. The van der Waals surface area contributed by atoms with Crippen molar-refractivity contribution in [3.63, 3.8) is 0 Å². The Bertz CT molecular complexity index is 1170. The van der Waals surface area contributed by atoms with Gasteiger partial charge in [-0.05, 0) is 35.6 Å². The van der Waals surface area contributed by atoms with E-state index in [0.29, 0.717) is 23.8 Å². The van der Waals surface area contributed by atoms with Crippen molar-refractivity contribution in [1.29, 1.82) is 0 Å². The maximum atomic E-state index is 7.67. The van der Waals surface area contributed by atoms with Crippen LogP contribution in [0.4, 0.5) is 0 Å². The first kappa shape index (κ1) is 9.52. The van der Waals surface area contributed by atoms with Crippen LogP contribution < -0.4 is 18.8 Å². The summed E-state index contributed by atoms with van der Waals surface area (Å²) in [6, 6.07) is 9.42. The lowest BCUT2D eigenvalue weighted by molar-refractivity contribution is -0.686. The van der Waals surface area contributed by atoms with Crippen molar-refractivity contribution in [3.05, 3.63) is 47.7 Å². The van der Waals surface area contributed by atoms with Gasteiger partial charge in [-0.15, -0.1) is 0 Å². The molecule has 2 aliphatic rings. The number of aromatic nitrogens is 1. The molecule has 0 saturated carbocycles. The van der Waals surface area contributed by atoms with Gasteiger partial charge in [0.25, 0.3) is 0 Å². The zero-order valence-electron chi connectivity index (χ0n) is 18.1. The summed E-state index contributed by atoms with van der Waals surface area (Å²) in [5.41, 5.74) is 3.70. The number of methoxy groups -OCH3 is 1. The first-order valence-corrected chi connectivity index (χ1v) is 7.81. The number of benzene rings is 2. The van der Waals surface area contributed by atoms with Gasteiger partial charge in [-0.2, -0.15) is 4.57 Å². The van der Waals surface area contributed by atoms with E-state index in [-0.39, 0.29) is 0 Å². The molecule has 3 aromatic rings. The van der Waals surface area contributed by atoms with Gasteiger partial charge in [0.1, 0.15) is 8.49 Å². The molecule has 5 rings (SSSR count). The maximum absolute atomic E-state index is 7.67. The molecule has 2 aromatic carbocycles. The molecule has 0 spiro atoms. The number of hydrogen-bond acceptors (Lipinski definition) is 3. The SMILES string of the molecule is [2H]C([2H])([2H])Oc1c(C)ccc2cc3[n+](cc12)CCc1cc2c(cc1-3)OC([2H])([2H])O2. The Labute approximate surface area is 147 Å². The molecule has 0 saturated heterocycles. The Hall–Kier alpha value is -2.75. The maximum Gasteiger partial charge on any atom is 0.231 e. The fraction of sp³-hybridized carbons (Fsp3) is 0.250. The van der Waals surface area contributed by atoms with Gasteiger partial charge < -0.3 is 14.2 Å². The fourth-order valence-corrected chi connectivity index (χ4v) is 3.55. The number of fused-ring (bicyclic) bond motifs is 5. The van der Waals surface area contributed by atoms with Gasteiger partial charge in [0.15, 0.2) is 24.2 Å². The average Bonchev–Trinajstić information content (AvgIpc) is 2.93. The van der Waals surface area contributed by atoms with Crippen molar-refractivity contribution >= 4 is 10.8 Å². The molecule has 4 heteroatoms. The van der Waals surface area contributed by atoms with Crippen LogP contribution in [0.2, 0.25) is 0 Å². The van der Waals surface area contributed by atoms with Gasteiger partial charge in [0.05, 0.1) is 22.1 Å². The molecule has 2 aliphatic heterocycles. The molecule has 0 bridgehead atoms. The zero-order valence-corrected chi connectivity index (χ0v) is 13.1. The molecule has 120 valence electrons. The molecular formula is C20H18NO3+. The fourth-order valence-electron chi connectivity index (χ4n) is 3.55.